The summed E-state index contributed by atoms with van der Waals surface area (Å²) in [6.45, 7) is 2.96. The first-order valence-corrected chi connectivity index (χ1v) is 10.2. The third-order valence-electron chi connectivity index (χ3n) is 5.19. The lowest BCUT2D eigenvalue weighted by Crippen LogP contribution is -2.36. The zero-order chi connectivity index (χ0) is 23.3. The molecule has 168 valence electrons. The van der Waals surface area contributed by atoms with E-state index >= 15 is 0 Å². The van der Waals surface area contributed by atoms with Gasteiger partial charge in [-0.3, -0.25) is 14.2 Å². The van der Waals surface area contributed by atoms with E-state index in [4.69, 9.17) is 4.74 Å². The Hall–Kier alpha value is -3.52. The van der Waals surface area contributed by atoms with Gasteiger partial charge in [0.05, 0.1) is 13.2 Å². The quantitative estimate of drug-likeness (QED) is 0.563. The standard InChI is InChI=1S/C24H26FN3O4/c1-15(17-6-5-9-20(13-17)32-3)26-22(30)14-28-23(18-7-4-8-19(25)12-18)27-16(2)21(10-11-29)24(28)31/h4-9,12-13,15,29H,10-11,14H2,1-3H3,(H,26,30)/t15-/m1/s1. The van der Waals surface area contributed by atoms with Crippen molar-refractivity contribution in [1.29, 1.82) is 0 Å². The molecule has 0 fully saturated rings. The second kappa shape index (κ2) is 10.2. The Balaban J connectivity index is 1.95. The lowest BCUT2D eigenvalue weighted by Gasteiger charge is -2.18. The molecule has 0 bridgehead atoms. The van der Waals surface area contributed by atoms with E-state index in [1.54, 1.807) is 20.1 Å². The lowest BCUT2D eigenvalue weighted by molar-refractivity contribution is -0.122. The minimum Gasteiger partial charge on any atom is -0.497 e. The maximum Gasteiger partial charge on any atom is 0.257 e. The molecule has 3 aromatic rings. The molecule has 0 radical (unpaired) electrons. The first-order chi connectivity index (χ1) is 15.3. The van der Waals surface area contributed by atoms with Crippen molar-refractivity contribution in [3.8, 4) is 17.1 Å². The van der Waals surface area contributed by atoms with Gasteiger partial charge in [-0.1, -0.05) is 24.3 Å². The van der Waals surface area contributed by atoms with Crippen LogP contribution in [0, 0.1) is 12.7 Å². The molecular weight excluding hydrogens is 413 g/mol. The van der Waals surface area contributed by atoms with E-state index in [9.17, 15) is 19.1 Å². The van der Waals surface area contributed by atoms with Crippen LogP contribution in [0.2, 0.25) is 0 Å². The van der Waals surface area contributed by atoms with Crippen molar-refractivity contribution in [1.82, 2.24) is 14.9 Å². The number of nitrogens with one attached hydrogen (secondary N) is 1. The summed E-state index contributed by atoms with van der Waals surface area (Å²) >= 11 is 0. The van der Waals surface area contributed by atoms with Gasteiger partial charge in [-0.15, -0.1) is 0 Å². The van der Waals surface area contributed by atoms with Crippen molar-refractivity contribution in [2.75, 3.05) is 13.7 Å². The highest BCUT2D eigenvalue weighted by Gasteiger charge is 2.19. The van der Waals surface area contributed by atoms with Gasteiger partial charge >= 0.3 is 0 Å². The number of carbonyl (C=O) groups excluding carboxylic acids is 1. The molecule has 1 heterocycles. The van der Waals surface area contributed by atoms with Crippen LogP contribution in [-0.4, -0.2) is 34.3 Å². The number of aliphatic hydroxyl groups is 1. The number of carbonyl (C=O) groups is 1. The summed E-state index contributed by atoms with van der Waals surface area (Å²) < 4.78 is 20.3. The summed E-state index contributed by atoms with van der Waals surface area (Å²) in [4.78, 5) is 30.5. The monoisotopic (exact) mass is 439 g/mol. The van der Waals surface area contributed by atoms with E-state index in [2.05, 4.69) is 10.3 Å². The first-order valence-electron chi connectivity index (χ1n) is 10.2. The number of hydrogen-bond acceptors (Lipinski definition) is 5. The molecule has 0 unspecified atom stereocenters. The average Bonchev–Trinajstić information content (AvgIpc) is 2.78. The van der Waals surface area contributed by atoms with Crippen LogP contribution < -0.4 is 15.6 Å². The molecule has 0 aliphatic carbocycles. The van der Waals surface area contributed by atoms with Crippen LogP contribution in [-0.2, 0) is 17.8 Å². The summed E-state index contributed by atoms with van der Waals surface area (Å²) in [6, 6.07) is 12.7. The minimum absolute atomic E-state index is 0.114. The summed E-state index contributed by atoms with van der Waals surface area (Å²) in [5, 5.41) is 12.2. The SMILES string of the molecule is COc1cccc([C@@H](C)NC(=O)Cn2c(-c3cccc(F)c3)nc(C)c(CCO)c2=O)c1. The van der Waals surface area contributed by atoms with Gasteiger partial charge < -0.3 is 15.2 Å². The molecule has 1 amide bonds. The fraction of sp³-hybridized carbons (Fsp3) is 0.292. The molecule has 0 saturated heterocycles. The maximum atomic E-state index is 13.8. The fourth-order valence-corrected chi connectivity index (χ4v) is 3.52. The largest absolute Gasteiger partial charge is 0.497 e. The van der Waals surface area contributed by atoms with Crippen molar-refractivity contribution >= 4 is 5.91 Å². The smallest absolute Gasteiger partial charge is 0.257 e. The van der Waals surface area contributed by atoms with Crippen molar-refractivity contribution in [2.45, 2.75) is 32.9 Å². The Bertz CT molecular complexity index is 1180. The molecule has 2 aromatic carbocycles. The van der Waals surface area contributed by atoms with Gasteiger partial charge in [0.2, 0.25) is 5.91 Å². The number of aryl methyl sites for hydroxylation is 1. The van der Waals surface area contributed by atoms with Crippen LogP contribution in [0.5, 0.6) is 5.75 Å². The first kappa shape index (κ1) is 23.1. The highest BCUT2D eigenvalue weighted by atomic mass is 19.1. The minimum atomic E-state index is -0.475. The van der Waals surface area contributed by atoms with Gasteiger partial charge in [-0.2, -0.15) is 0 Å². The number of rotatable bonds is 8. The Labute approximate surface area is 185 Å². The number of hydrogen-bond donors (Lipinski definition) is 2. The van der Waals surface area contributed by atoms with Gasteiger partial charge in [-0.05, 0) is 43.7 Å². The predicted octanol–water partition coefficient (Wildman–Crippen LogP) is 2.78. The molecule has 32 heavy (non-hydrogen) atoms. The van der Waals surface area contributed by atoms with Gasteiger partial charge in [0.25, 0.3) is 5.56 Å². The van der Waals surface area contributed by atoms with E-state index in [1.165, 1.54) is 22.8 Å². The van der Waals surface area contributed by atoms with E-state index in [0.29, 0.717) is 22.6 Å². The third kappa shape index (κ3) is 5.20. The molecule has 0 aliphatic heterocycles. The summed E-state index contributed by atoms with van der Waals surface area (Å²) in [7, 11) is 1.57. The van der Waals surface area contributed by atoms with E-state index in [1.807, 2.05) is 31.2 Å². The van der Waals surface area contributed by atoms with Crippen LogP contribution in [0.3, 0.4) is 0 Å². The molecule has 2 N–H and O–H groups in total. The summed E-state index contributed by atoms with van der Waals surface area (Å²) in [5.41, 5.74) is 1.55. The van der Waals surface area contributed by atoms with Gasteiger partial charge in [0.15, 0.2) is 0 Å². The van der Waals surface area contributed by atoms with Crippen molar-refractivity contribution in [3.05, 3.63) is 81.5 Å². The maximum absolute atomic E-state index is 13.8. The normalized spacial score (nSPS) is 11.8. The van der Waals surface area contributed by atoms with E-state index < -0.39 is 17.3 Å². The molecular formula is C24H26FN3O4. The molecule has 0 saturated carbocycles. The highest BCUT2D eigenvalue weighted by Crippen LogP contribution is 2.20. The number of ether oxygens (including phenoxy) is 1. The number of benzene rings is 2. The average molecular weight is 439 g/mol. The molecule has 3 rings (SSSR count). The van der Waals surface area contributed by atoms with Crippen LogP contribution in [0.4, 0.5) is 4.39 Å². The molecule has 7 nitrogen and oxygen atoms in total. The number of methoxy groups -OCH3 is 1. The second-order valence-electron chi connectivity index (χ2n) is 7.44. The molecule has 0 spiro atoms. The second-order valence-corrected chi connectivity index (χ2v) is 7.44. The highest BCUT2D eigenvalue weighted by molar-refractivity contribution is 5.77. The third-order valence-corrected chi connectivity index (χ3v) is 5.19. The fourth-order valence-electron chi connectivity index (χ4n) is 3.52. The molecule has 1 aromatic heterocycles. The molecule has 8 heteroatoms. The van der Waals surface area contributed by atoms with Crippen molar-refractivity contribution in [3.63, 3.8) is 0 Å². The Morgan fingerprint density at radius 3 is 2.69 bits per heavy atom. The number of aromatic nitrogens is 2. The summed E-state index contributed by atoms with van der Waals surface area (Å²) in [6.07, 6.45) is 0.114. The summed E-state index contributed by atoms with van der Waals surface area (Å²) in [5.74, 6) is -0.0142. The van der Waals surface area contributed by atoms with E-state index in [-0.39, 0.29) is 31.4 Å². The number of aliphatic hydroxyl groups excluding tert-OH is 1. The van der Waals surface area contributed by atoms with Crippen LogP contribution in [0.1, 0.15) is 29.8 Å². The van der Waals surface area contributed by atoms with Crippen LogP contribution >= 0.6 is 0 Å². The Morgan fingerprint density at radius 2 is 2.00 bits per heavy atom. The number of halogens is 1. The zero-order valence-corrected chi connectivity index (χ0v) is 18.3. The van der Waals surface area contributed by atoms with Gasteiger partial charge in [0, 0.05) is 29.8 Å². The molecule has 0 aliphatic rings. The van der Waals surface area contributed by atoms with Gasteiger partial charge in [-0.25, -0.2) is 9.37 Å². The topological polar surface area (TPSA) is 93.4 Å². The molecule has 1 atom stereocenters. The van der Waals surface area contributed by atoms with Crippen LogP contribution in [0.25, 0.3) is 11.4 Å². The van der Waals surface area contributed by atoms with Crippen molar-refractivity contribution in [2.24, 2.45) is 0 Å². The van der Waals surface area contributed by atoms with Crippen LogP contribution in [0.15, 0.2) is 53.3 Å². The van der Waals surface area contributed by atoms with Gasteiger partial charge in [0.1, 0.15) is 23.9 Å². The number of nitrogens with zero attached hydrogens (tertiary/aromatic N) is 2. The number of amides is 1. The van der Waals surface area contributed by atoms with E-state index in [0.717, 1.165) is 5.56 Å². The predicted molar refractivity (Wildman–Crippen MR) is 119 cm³/mol. The Morgan fingerprint density at radius 1 is 1.25 bits per heavy atom. The van der Waals surface area contributed by atoms with Crippen molar-refractivity contribution < 1.29 is 19.0 Å². The Kier molecular flexibility index (Phi) is 7.37. The lowest BCUT2D eigenvalue weighted by atomic mass is 10.1. The zero-order valence-electron chi connectivity index (χ0n) is 18.3.